The molecular weight excluding hydrogens is 299 g/mol. The van der Waals surface area contributed by atoms with E-state index < -0.39 is 5.67 Å². The van der Waals surface area contributed by atoms with E-state index in [1.54, 1.807) is 18.1 Å². The number of anilines is 1. The lowest BCUT2D eigenvalue weighted by Gasteiger charge is -2.32. The summed E-state index contributed by atoms with van der Waals surface area (Å²) in [5.41, 5.74) is -0.777. The van der Waals surface area contributed by atoms with Crippen LogP contribution in [0.1, 0.15) is 31.7 Å². The van der Waals surface area contributed by atoms with E-state index in [1.807, 2.05) is 10.9 Å². The summed E-state index contributed by atoms with van der Waals surface area (Å²) in [6, 6.07) is 0.211. The molecule has 0 radical (unpaired) electrons. The molecule has 1 N–H and O–H groups in total. The monoisotopic (exact) mass is 320 g/mol. The summed E-state index contributed by atoms with van der Waals surface area (Å²) in [7, 11) is 1.63. The molecule has 0 bridgehead atoms. The Hall–Kier alpha value is -2.25. The standard InChI is InChI=1S/C15H21FN6O/c1-17-14(18-2)20-11-9-19-22(10-11)12-3-7-21(8-4-12)13(23)15(16)5-6-15/h9-10,12H,1,3-8H2,2H3,(H,18,20). The van der Waals surface area contributed by atoms with Crippen molar-refractivity contribution in [3.05, 3.63) is 12.4 Å². The van der Waals surface area contributed by atoms with Crippen LogP contribution in [0.3, 0.4) is 0 Å². The maximum Gasteiger partial charge on any atom is 0.260 e. The van der Waals surface area contributed by atoms with Crippen LogP contribution in [0.5, 0.6) is 0 Å². The Kier molecular flexibility index (Phi) is 4.14. The molecule has 1 saturated carbocycles. The second-order valence-electron chi connectivity index (χ2n) is 6.03. The van der Waals surface area contributed by atoms with Crippen molar-refractivity contribution < 1.29 is 9.18 Å². The van der Waals surface area contributed by atoms with Crippen molar-refractivity contribution in [2.45, 2.75) is 37.4 Å². The summed E-state index contributed by atoms with van der Waals surface area (Å²) >= 11 is 0. The number of halogens is 1. The fraction of sp³-hybridized carbons (Fsp3) is 0.600. The van der Waals surface area contributed by atoms with Crippen LogP contribution < -0.4 is 5.32 Å². The number of carbonyl (C=O) groups excluding carboxylic acids is 1. The summed E-state index contributed by atoms with van der Waals surface area (Å²) in [5.74, 6) is 0.0993. The van der Waals surface area contributed by atoms with Crippen molar-refractivity contribution in [2.75, 3.05) is 25.5 Å². The van der Waals surface area contributed by atoms with Gasteiger partial charge in [-0.2, -0.15) is 5.10 Å². The number of aliphatic imine (C=N–C) groups is 2. The molecule has 0 aromatic carbocycles. The minimum Gasteiger partial charge on any atom is -0.340 e. The van der Waals surface area contributed by atoms with Gasteiger partial charge in [-0.15, -0.1) is 0 Å². The third kappa shape index (κ3) is 3.25. The predicted molar refractivity (Wildman–Crippen MR) is 86.7 cm³/mol. The molecule has 1 amide bonds. The zero-order chi connectivity index (χ0) is 16.4. The second-order valence-corrected chi connectivity index (χ2v) is 6.03. The van der Waals surface area contributed by atoms with E-state index in [0.717, 1.165) is 18.5 Å². The molecule has 1 aromatic rings. The molecule has 7 nitrogen and oxygen atoms in total. The number of likely N-dealkylation sites (tertiary alicyclic amines) is 1. The van der Waals surface area contributed by atoms with Gasteiger partial charge >= 0.3 is 0 Å². The van der Waals surface area contributed by atoms with Gasteiger partial charge in [0.1, 0.15) is 0 Å². The van der Waals surface area contributed by atoms with Crippen LogP contribution in [-0.4, -0.2) is 59.1 Å². The van der Waals surface area contributed by atoms with E-state index in [4.69, 9.17) is 0 Å². The molecule has 0 unspecified atom stereocenters. The van der Waals surface area contributed by atoms with Crippen LogP contribution in [0.4, 0.5) is 10.1 Å². The van der Waals surface area contributed by atoms with Crippen LogP contribution >= 0.6 is 0 Å². The number of piperidine rings is 1. The molecule has 0 atom stereocenters. The van der Waals surface area contributed by atoms with E-state index in [0.29, 0.717) is 31.9 Å². The molecule has 1 aliphatic carbocycles. The highest BCUT2D eigenvalue weighted by Gasteiger charge is 2.53. The Morgan fingerprint density at radius 1 is 1.48 bits per heavy atom. The number of guanidine groups is 1. The van der Waals surface area contributed by atoms with Crippen molar-refractivity contribution >= 4 is 24.3 Å². The number of carbonyl (C=O) groups is 1. The fourth-order valence-corrected chi connectivity index (χ4v) is 2.84. The average Bonchev–Trinajstić information content (AvgIpc) is 3.17. The first-order valence-corrected chi connectivity index (χ1v) is 7.79. The van der Waals surface area contributed by atoms with Gasteiger partial charge in [0.05, 0.1) is 17.9 Å². The molecule has 1 saturated heterocycles. The first kappa shape index (κ1) is 15.6. The number of alkyl halides is 1. The first-order valence-electron chi connectivity index (χ1n) is 7.79. The van der Waals surface area contributed by atoms with Gasteiger partial charge in [-0.3, -0.25) is 14.5 Å². The average molecular weight is 320 g/mol. The maximum absolute atomic E-state index is 13.8. The number of hydrogen-bond acceptors (Lipinski definition) is 3. The maximum atomic E-state index is 13.8. The molecular formula is C15H21FN6O. The Labute approximate surface area is 134 Å². The number of nitrogens with one attached hydrogen (secondary N) is 1. The lowest BCUT2D eigenvalue weighted by atomic mass is 10.0. The summed E-state index contributed by atoms with van der Waals surface area (Å²) in [6.45, 7) is 4.59. The van der Waals surface area contributed by atoms with E-state index in [9.17, 15) is 9.18 Å². The van der Waals surface area contributed by atoms with Crippen molar-refractivity contribution in [2.24, 2.45) is 9.98 Å². The summed E-state index contributed by atoms with van der Waals surface area (Å²) in [6.07, 6.45) is 5.89. The van der Waals surface area contributed by atoms with Gasteiger partial charge in [-0.05, 0) is 32.4 Å². The fourth-order valence-electron chi connectivity index (χ4n) is 2.84. The minimum atomic E-state index is -1.57. The van der Waals surface area contributed by atoms with Crippen LogP contribution in [0.15, 0.2) is 22.4 Å². The topological polar surface area (TPSA) is 74.9 Å². The number of rotatable bonds is 3. The largest absolute Gasteiger partial charge is 0.340 e. The smallest absolute Gasteiger partial charge is 0.260 e. The Balaban J connectivity index is 1.57. The van der Waals surface area contributed by atoms with Gasteiger partial charge in [0.2, 0.25) is 5.96 Å². The molecule has 2 heterocycles. The zero-order valence-corrected chi connectivity index (χ0v) is 13.2. The van der Waals surface area contributed by atoms with Gasteiger partial charge in [0.15, 0.2) is 5.67 Å². The third-order valence-electron chi connectivity index (χ3n) is 4.42. The second kappa shape index (κ2) is 6.10. The van der Waals surface area contributed by atoms with Gasteiger partial charge in [0.25, 0.3) is 5.91 Å². The van der Waals surface area contributed by atoms with Crippen molar-refractivity contribution in [1.29, 1.82) is 0 Å². The summed E-state index contributed by atoms with van der Waals surface area (Å²) < 4.78 is 15.7. The molecule has 8 heteroatoms. The van der Waals surface area contributed by atoms with Crippen LogP contribution in [-0.2, 0) is 4.79 Å². The van der Waals surface area contributed by atoms with Gasteiger partial charge in [-0.1, -0.05) is 0 Å². The highest BCUT2D eigenvalue weighted by atomic mass is 19.1. The third-order valence-corrected chi connectivity index (χ3v) is 4.42. The number of aromatic nitrogens is 2. The quantitative estimate of drug-likeness (QED) is 0.680. The molecule has 0 spiro atoms. The Morgan fingerprint density at radius 2 is 2.17 bits per heavy atom. The molecule has 124 valence electrons. The van der Waals surface area contributed by atoms with Crippen molar-refractivity contribution in [3.8, 4) is 0 Å². The number of hydrogen-bond donors (Lipinski definition) is 1. The van der Waals surface area contributed by atoms with E-state index in [2.05, 4.69) is 27.1 Å². The minimum absolute atomic E-state index is 0.211. The first-order chi connectivity index (χ1) is 11.1. The van der Waals surface area contributed by atoms with E-state index in [-0.39, 0.29) is 11.9 Å². The SMILES string of the molecule is C=N/C(=N\C)Nc1cnn(C2CCN(C(=O)C3(F)CC3)CC2)c1. The summed E-state index contributed by atoms with van der Waals surface area (Å²) in [5, 5.41) is 7.37. The Morgan fingerprint density at radius 3 is 2.74 bits per heavy atom. The number of amides is 1. The van der Waals surface area contributed by atoms with Crippen molar-refractivity contribution in [3.63, 3.8) is 0 Å². The molecule has 1 aliphatic heterocycles. The highest BCUT2D eigenvalue weighted by Crippen LogP contribution is 2.42. The molecule has 2 fully saturated rings. The van der Waals surface area contributed by atoms with Crippen molar-refractivity contribution in [1.82, 2.24) is 14.7 Å². The van der Waals surface area contributed by atoms with E-state index >= 15 is 0 Å². The number of nitrogens with zero attached hydrogens (tertiary/aromatic N) is 5. The summed E-state index contributed by atoms with van der Waals surface area (Å²) in [4.78, 5) is 21.3. The van der Waals surface area contributed by atoms with E-state index in [1.165, 1.54) is 0 Å². The normalized spacial score (nSPS) is 21.1. The van der Waals surface area contributed by atoms with Gasteiger partial charge in [0, 0.05) is 26.3 Å². The van der Waals surface area contributed by atoms with Crippen LogP contribution in [0.25, 0.3) is 0 Å². The van der Waals surface area contributed by atoms with Crippen LogP contribution in [0.2, 0.25) is 0 Å². The lowest BCUT2D eigenvalue weighted by molar-refractivity contribution is -0.139. The molecule has 2 aliphatic rings. The van der Waals surface area contributed by atoms with Gasteiger partial charge < -0.3 is 10.2 Å². The van der Waals surface area contributed by atoms with Crippen LogP contribution in [0, 0.1) is 0 Å². The highest BCUT2D eigenvalue weighted by molar-refractivity contribution is 5.96. The molecule has 23 heavy (non-hydrogen) atoms. The predicted octanol–water partition coefficient (Wildman–Crippen LogP) is 1.65. The Bertz CT molecular complexity index is 628. The molecule has 1 aromatic heterocycles. The zero-order valence-electron chi connectivity index (χ0n) is 13.2. The molecule has 3 rings (SSSR count). The van der Waals surface area contributed by atoms with Gasteiger partial charge in [-0.25, -0.2) is 9.38 Å². The lowest BCUT2D eigenvalue weighted by Crippen LogP contribution is -2.43.